The van der Waals surface area contributed by atoms with Gasteiger partial charge < -0.3 is 0 Å². The molecule has 0 nitrogen and oxygen atoms in total. The van der Waals surface area contributed by atoms with E-state index in [0.29, 0.717) is 0 Å². The van der Waals surface area contributed by atoms with Crippen molar-refractivity contribution < 1.29 is 0 Å². The zero-order chi connectivity index (χ0) is 64.3. The summed E-state index contributed by atoms with van der Waals surface area (Å²) in [7, 11) is 0. The van der Waals surface area contributed by atoms with Crippen molar-refractivity contribution >= 4 is 123 Å². The van der Waals surface area contributed by atoms with Crippen LogP contribution in [0.3, 0.4) is 0 Å². The molecule has 0 N–H and O–H groups in total. The molecule has 0 unspecified atom stereocenters. The lowest BCUT2D eigenvalue weighted by atomic mass is 9.84. The van der Waals surface area contributed by atoms with Crippen molar-refractivity contribution in [1.82, 2.24) is 0 Å². The fraction of sp³-hybridized carbons (Fsp3) is 0. The van der Waals surface area contributed by atoms with Crippen LogP contribution >= 0.6 is 38.6 Å². The predicted octanol–water partition coefficient (Wildman–Crippen LogP) is 28.5. The van der Waals surface area contributed by atoms with Crippen LogP contribution in [0.1, 0.15) is 0 Å². The van der Waals surface area contributed by atoms with E-state index in [2.05, 4.69) is 374 Å². The van der Waals surface area contributed by atoms with Gasteiger partial charge in [-0.25, -0.2) is 0 Å². The molecule has 0 fully saturated rings. The molecule has 3 heteroatoms. The first-order chi connectivity index (χ1) is 48.1. The van der Waals surface area contributed by atoms with Crippen LogP contribution in [0.15, 0.2) is 362 Å². The van der Waals surface area contributed by atoms with E-state index >= 15 is 0 Å². The largest absolute Gasteiger partial charge is 0.134 e. The zero-order valence-corrected chi connectivity index (χ0v) is 56.0. The molecule has 0 saturated heterocycles. The van der Waals surface area contributed by atoms with Gasteiger partial charge in [-0.15, -0.1) is 22.7 Å². The smallest absolute Gasteiger partial charge is 0.0789 e. The summed E-state index contributed by atoms with van der Waals surface area (Å²) in [4.78, 5) is 1.27. The summed E-state index contributed by atoms with van der Waals surface area (Å²) < 4.78 is 3.79. The van der Waals surface area contributed by atoms with Crippen molar-refractivity contribution in [3.8, 4) is 99.5 Å². The van der Waals surface area contributed by atoms with Gasteiger partial charge in [-0.05, 0) is 171 Å². The van der Waals surface area contributed by atoms with E-state index < -0.39 is 0 Å². The maximum Gasteiger partial charge on any atom is 0.0789 e. The van der Waals surface area contributed by atoms with Crippen molar-refractivity contribution in [3.05, 3.63) is 362 Å². The summed E-state index contributed by atoms with van der Waals surface area (Å²) in [5, 5.41) is 17.7. The Bertz CT molecular complexity index is 6210. The monoisotopic (exact) mass is 1330 g/mol. The minimum Gasteiger partial charge on any atom is -0.134 e. The average Bonchev–Trinajstić information content (AvgIpc) is 1.63. The summed E-state index contributed by atoms with van der Waals surface area (Å²) in [5.41, 5.74) is 21.3. The lowest BCUT2D eigenvalue weighted by molar-refractivity contribution is 1.64. The Kier molecular flexibility index (Phi) is 14.9. The molecule has 0 saturated carbocycles. The van der Waals surface area contributed by atoms with Crippen molar-refractivity contribution in [1.29, 1.82) is 0 Å². The van der Waals surface area contributed by atoms with Crippen molar-refractivity contribution in [2.75, 3.05) is 0 Å². The highest BCUT2D eigenvalue weighted by Gasteiger charge is 2.28. The number of hydrogen-bond donors (Lipinski definition) is 0. The molecule has 454 valence electrons. The first kappa shape index (κ1) is 58.3. The number of halogens is 1. The molecule has 19 aromatic rings. The zero-order valence-electron chi connectivity index (χ0n) is 52.8. The first-order valence-electron chi connectivity index (χ1n) is 33.1. The van der Waals surface area contributed by atoms with Crippen LogP contribution in [0, 0.1) is 0 Å². The molecule has 0 atom stereocenters. The molecule has 97 heavy (non-hydrogen) atoms. The van der Waals surface area contributed by atoms with Crippen LogP contribution < -0.4 is 0 Å². The van der Waals surface area contributed by atoms with Gasteiger partial charge in [0.2, 0.25) is 0 Å². The lowest BCUT2D eigenvalue weighted by Crippen LogP contribution is -1.92. The number of fused-ring (bicyclic) bond motifs is 10. The fourth-order valence-corrected chi connectivity index (χ4v) is 18.6. The third kappa shape index (κ3) is 10.2. The van der Waals surface area contributed by atoms with Gasteiger partial charge >= 0.3 is 0 Å². The van der Waals surface area contributed by atoms with E-state index in [1.807, 2.05) is 22.7 Å². The third-order valence-electron chi connectivity index (χ3n) is 19.4. The molecule has 0 radical (unpaired) electrons. The maximum absolute atomic E-state index is 3.94. The number of benzene rings is 17. The number of rotatable bonds is 9. The molecule has 2 aromatic heterocycles. The van der Waals surface area contributed by atoms with Crippen LogP contribution in [0.4, 0.5) is 0 Å². The third-order valence-corrected chi connectivity index (χ3v) is 22.5. The Balaban J connectivity index is 0.000000179. The van der Waals surface area contributed by atoms with E-state index in [1.54, 1.807) is 0 Å². The van der Waals surface area contributed by atoms with Gasteiger partial charge in [0, 0.05) is 47.3 Å². The van der Waals surface area contributed by atoms with Gasteiger partial charge in [-0.3, -0.25) is 0 Å². The van der Waals surface area contributed by atoms with E-state index in [0.717, 1.165) is 0 Å². The summed E-state index contributed by atoms with van der Waals surface area (Å²) in [5.74, 6) is 0. The minimum absolute atomic E-state index is 1.17. The Morgan fingerprint density at radius 2 is 0.474 bits per heavy atom. The van der Waals surface area contributed by atoms with E-state index in [4.69, 9.17) is 0 Å². The number of hydrogen-bond acceptors (Lipinski definition) is 2. The Morgan fingerprint density at radius 1 is 0.175 bits per heavy atom. The van der Waals surface area contributed by atoms with Crippen LogP contribution in [0.25, 0.3) is 184 Å². The molecular formula is C94H59BrS2. The standard InChI is InChI=1S/C64H40S.C30H19BrS/c1-4-20-43(21-5-1)59-53-30-16-17-31-54(53)62-61(45-24-8-3-9-25-45)63(65-64(62)60(59)44-22-6-2-7-23-44)50-36-37-55-56(40-50)58(49-35-33-42-19-11-13-27-47(42)39-49)52-29-15-14-28-51(52)57(55)48-34-32-41-18-10-12-26-46(41)38-48;31-30-27(22-16-8-3-9-17-22)28-24-19-11-10-18-23(24)25(20-12-4-1-5-13-20)26(29(28)32-30)21-14-6-2-7-15-21/h1-40H;1-19H. The second-order valence-electron chi connectivity index (χ2n) is 24.9. The summed E-state index contributed by atoms with van der Waals surface area (Å²) in [6.07, 6.45) is 0. The van der Waals surface area contributed by atoms with Crippen molar-refractivity contribution in [3.63, 3.8) is 0 Å². The van der Waals surface area contributed by atoms with Gasteiger partial charge in [-0.2, -0.15) is 0 Å². The highest BCUT2D eigenvalue weighted by molar-refractivity contribution is 9.11. The van der Waals surface area contributed by atoms with Gasteiger partial charge in [-0.1, -0.05) is 340 Å². The molecule has 17 aromatic carbocycles. The minimum atomic E-state index is 1.17. The topological polar surface area (TPSA) is 0 Å². The van der Waals surface area contributed by atoms with Crippen LogP contribution in [0.2, 0.25) is 0 Å². The van der Waals surface area contributed by atoms with E-state index in [-0.39, 0.29) is 0 Å². The van der Waals surface area contributed by atoms with Crippen LogP contribution in [0.5, 0.6) is 0 Å². The summed E-state index contributed by atoms with van der Waals surface area (Å²) in [6.45, 7) is 0. The molecule has 0 bridgehead atoms. The van der Waals surface area contributed by atoms with E-state index in [9.17, 15) is 0 Å². The van der Waals surface area contributed by atoms with Crippen molar-refractivity contribution in [2.24, 2.45) is 0 Å². The number of thiophene rings is 2. The highest BCUT2D eigenvalue weighted by Crippen LogP contribution is 2.57. The second kappa shape index (κ2) is 24.8. The quantitative estimate of drug-likeness (QED) is 0.126. The molecule has 0 spiro atoms. The normalized spacial score (nSPS) is 11.6. The Hall–Kier alpha value is -11.3. The SMILES string of the molecule is Brc1sc2c(-c3ccccc3)c(-c3ccccc3)c3ccccc3c2c1-c1ccccc1.c1ccc(-c2c(-c3ccccc3)c3sc(-c4ccc5c(-c6ccc7ccccc7c6)c6ccccc6c(-c6ccc7ccccc7c6)c5c4)c(-c4ccccc4)c3c3ccccc23)cc1. The predicted molar refractivity (Wildman–Crippen MR) is 425 cm³/mol. The molecule has 0 aliphatic carbocycles. The molecule has 0 aliphatic rings. The summed E-state index contributed by atoms with van der Waals surface area (Å²) >= 11 is 7.71. The van der Waals surface area contributed by atoms with Gasteiger partial charge in [0.1, 0.15) is 0 Å². The second-order valence-corrected chi connectivity index (χ2v) is 28.3. The molecule has 0 amide bonds. The van der Waals surface area contributed by atoms with Crippen LogP contribution in [-0.4, -0.2) is 0 Å². The molecule has 0 aliphatic heterocycles. The summed E-state index contributed by atoms with van der Waals surface area (Å²) in [6, 6.07) is 131. The van der Waals surface area contributed by atoms with Gasteiger partial charge in [0.15, 0.2) is 0 Å². The fourth-order valence-electron chi connectivity index (χ4n) is 15.2. The van der Waals surface area contributed by atoms with Crippen LogP contribution in [-0.2, 0) is 0 Å². The molecule has 2 heterocycles. The average molecular weight is 1330 g/mol. The Labute approximate surface area is 580 Å². The van der Waals surface area contributed by atoms with Crippen molar-refractivity contribution in [2.45, 2.75) is 0 Å². The lowest BCUT2D eigenvalue weighted by Gasteiger charge is -2.19. The maximum atomic E-state index is 3.94. The molecular weight excluding hydrogens is 1270 g/mol. The molecule has 19 rings (SSSR count). The first-order valence-corrected chi connectivity index (χ1v) is 35.5. The highest BCUT2D eigenvalue weighted by atomic mass is 79.9. The van der Waals surface area contributed by atoms with E-state index in [1.165, 1.54) is 188 Å². The van der Waals surface area contributed by atoms with Gasteiger partial charge in [0.25, 0.3) is 0 Å². The Morgan fingerprint density at radius 3 is 0.907 bits per heavy atom. The van der Waals surface area contributed by atoms with Gasteiger partial charge in [0.05, 0.1) is 3.79 Å².